The minimum absolute atomic E-state index is 0.183. The summed E-state index contributed by atoms with van der Waals surface area (Å²) in [5.74, 6) is 2.55. The van der Waals surface area contributed by atoms with Crippen molar-refractivity contribution in [2.45, 2.75) is 38.1 Å². The number of methoxy groups -OCH3 is 1. The number of aryl methyl sites for hydroxylation is 1. The molecule has 2 aromatic carbocycles. The van der Waals surface area contributed by atoms with Crippen molar-refractivity contribution in [3.8, 4) is 5.75 Å². The van der Waals surface area contributed by atoms with Gasteiger partial charge in [0, 0.05) is 43.5 Å². The van der Waals surface area contributed by atoms with Gasteiger partial charge in [-0.2, -0.15) is 14.3 Å². The fourth-order valence-electron chi connectivity index (χ4n) is 3.90. The molecule has 0 spiro atoms. The van der Waals surface area contributed by atoms with Gasteiger partial charge in [0.05, 0.1) is 12.0 Å². The average Bonchev–Trinajstić information content (AvgIpc) is 2.84. The molecule has 4 rings (SSSR count). The molecule has 1 fully saturated rings. The van der Waals surface area contributed by atoms with Crippen molar-refractivity contribution >= 4 is 33.3 Å². The van der Waals surface area contributed by atoms with E-state index in [1.807, 2.05) is 42.2 Å². The Hall–Kier alpha value is -3.37. The standard InChI is InChI=1S/C26H34N6O3S/c1-19-6-8-20(9-7-19)27-23-18-24(30-26(2,3)4)29-25(28-23)31-14-16-32(17-15-31)36(33,34)22-12-10-21(35-5)11-13-22/h6-13,18H,14-17H2,1-5H3,(H2,27,28,29,30). The summed E-state index contributed by atoms with van der Waals surface area (Å²) < 4.78 is 32.9. The van der Waals surface area contributed by atoms with Gasteiger partial charge in [-0.15, -0.1) is 0 Å². The van der Waals surface area contributed by atoms with Crippen molar-refractivity contribution in [1.29, 1.82) is 0 Å². The van der Waals surface area contributed by atoms with Crippen LogP contribution in [0.1, 0.15) is 26.3 Å². The zero-order valence-electron chi connectivity index (χ0n) is 21.4. The molecule has 2 heterocycles. The number of piperazine rings is 1. The van der Waals surface area contributed by atoms with Crippen molar-refractivity contribution < 1.29 is 13.2 Å². The first kappa shape index (κ1) is 25.7. The van der Waals surface area contributed by atoms with Gasteiger partial charge >= 0.3 is 0 Å². The Morgan fingerprint density at radius 2 is 1.50 bits per heavy atom. The van der Waals surface area contributed by atoms with Crippen LogP contribution in [-0.4, -0.2) is 61.5 Å². The fourth-order valence-corrected chi connectivity index (χ4v) is 5.32. The van der Waals surface area contributed by atoms with Crippen LogP contribution < -0.4 is 20.3 Å². The molecule has 0 radical (unpaired) electrons. The number of hydrogen-bond acceptors (Lipinski definition) is 8. The lowest BCUT2D eigenvalue weighted by atomic mass is 10.1. The Bertz CT molecular complexity index is 1280. The van der Waals surface area contributed by atoms with E-state index in [2.05, 4.69) is 31.4 Å². The maximum atomic E-state index is 13.1. The van der Waals surface area contributed by atoms with Crippen LogP contribution in [0.4, 0.5) is 23.3 Å². The summed E-state index contributed by atoms with van der Waals surface area (Å²) in [6.45, 7) is 9.92. The SMILES string of the molecule is COc1ccc(S(=O)(=O)N2CCN(c3nc(Nc4ccc(C)cc4)cc(NC(C)(C)C)n3)CC2)cc1. The minimum atomic E-state index is -3.59. The second-order valence-corrected chi connectivity index (χ2v) is 11.8. The van der Waals surface area contributed by atoms with E-state index in [4.69, 9.17) is 14.7 Å². The topological polar surface area (TPSA) is 99.7 Å². The number of benzene rings is 2. The molecule has 9 nitrogen and oxygen atoms in total. The van der Waals surface area contributed by atoms with E-state index >= 15 is 0 Å². The fraction of sp³-hybridized carbons (Fsp3) is 0.385. The smallest absolute Gasteiger partial charge is 0.243 e. The van der Waals surface area contributed by atoms with Crippen LogP contribution in [0.15, 0.2) is 59.5 Å². The van der Waals surface area contributed by atoms with Crippen LogP contribution in [0, 0.1) is 6.92 Å². The molecular formula is C26H34N6O3S. The van der Waals surface area contributed by atoms with E-state index in [1.165, 1.54) is 9.87 Å². The van der Waals surface area contributed by atoms with Crippen LogP contribution in [0.3, 0.4) is 0 Å². The predicted octanol–water partition coefficient (Wildman–Crippen LogP) is 4.26. The molecular weight excluding hydrogens is 476 g/mol. The van der Waals surface area contributed by atoms with Crippen molar-refractivity contribution in [3.63, 3.8) is 0 Å². The molecule has 1 saturated heterocycles. The van der Waals surface area contributed by atoms with Gasteiger partial charge in [0.15, 0.2) is 0 Å². The van der Waals surface area contributed by atoms with Gasteiger partial charge in [-0.25, -0.2) is 8.42 Å². The molecule has 2 N–H and O–H groups in total. The number of sulfonamides is 1. The van der Waals surface area contributed by atoms with E-state index < -0.39 is 10.0 Å². The van der Waals surface area contributed by atoms with Crippen LogP contribution >= 0.6 is 0 Å². The Morgan fingerprint density at radius 3 is 2.08 bits per heavy atom. The number of aromatic nitrogens is 2. The first-order valence-corrected chi connectivity index (χ1v) is 13.4. The molecule has 0 saturated carbocycles. The van der Waals surface area contributed by atoms with Crippen molar-refractivity contribution in [1.82, 2.24) is 14.3 Å². The molecule has 36 heavy (non-hydrogen) atoms. The Labute approximate surface area is 213 Å². The maximum Gasteiger partial charge on any atom is 0.243 e. The average molecular weight is 511 g/mol. The molecule has 0 atom stereocenters. The monoisotopic (exact) mass is 510 g/mol. The van der Waals surface area contributed by atoms with Crippen LogP contribution in [0.2, 0.25) is 0 Å². The minimum Gasteiger partial charge on any atom is -0.497 e. The Morgan fingerprint density at radius 1 is 0.889 bits per heavy atom. The van der Waals surface area contributed by atoms with Gasteiger partial charge in [0.2, 0.25) is 16.0 Å². The molecule has 10 heteroatoms. The highest BCUT2D eigenvalue weighted by Crippen LogP contribution is 2.26. The molecule has 0 bridgehead atoms. The highest BCUT2D eigenvalue weighted by atomic mass is 32.2. The number of nitrogens with zero attached hydrogens (tertiary/aromatic N) is 4. The molecule has 192 valence electrons. The second-order valence-electron chi connectivity index (χ2n) is 9.87. The lowest BCUT2D eigenvalue weighted by Gasteiger charge is -2.34. The third kappa shape index (κ3) is 6.24. The van der Waals surface area contributed by atoms with Crippen molar-refractivity contribution in [3.05, 3.63) is 60.2 Å². The van der Waals surface area contributed by atoms with E-state index in [0.29, 0.717) is 49.5 Å². The van der Waals surface area contributed by atoms with Gasteiger partial charge in [-0.1, -0.05) is 17.7 Å². The zero-order chi connectivity index (χ0) is 25.9. The summed E-state index contributed by atoms with van der Waals surface area (Å²) in [6, 6.07) is 16.5. The molecule has 1 aliphatic rings. The lowest BCUT2D eigenvalue weighted by Crippen LogP contribution is -2.49. The normalized spacial score (nSPS) is 15.0. The third-order valence-corrected chi connectivity index (χ3v) is 7.67. The molecule has 0 unspecified atom stereocenters. The third-order valence-electron chi connectivity index (χ3n) is 5.76. The highest BCUT2D eigenvalue weighted by molar-refractivity contribution is 7.89. The predicted molar refractivity (Wildman–Crippen MR) is 144 cm³/mol. The number of rotatable bonds is 7. The van der Waals surface area contributed by atoms with Gasteiger partial charge in [0.25, 0.3) is 0 Å². The van der Waals surface area contributed by atoms with Gasteiger partial charge in [-0.05, 0) is 64.1 Å². The summed E-state index contributed by atoms with van der Waals surface area (Å²) in [5.41, 5.74) is 1.93. The molecule has 0 aliphatic carbocycles. The zero-order valence-corrected chi connectivity index (χ0v) is 22.3. The van der Waals surface area contributed by atoms with Crippen molar-refractivity contribution in [2.75, 3.05) is 48.8 Å². The van der Waals surface area contributed by atoms with E-state index in [9.17, 15) is 8.42 Å². The number of nitrogens with one attached hydrogen (secondary N) is 2. The van der Waals surface area contributed by atoms with Crippen LogP contribution in [-0.2, 0) is 10.0 Å². The van der Waals surface area contributed by atoms with Crippen LogP contribution in [0.25, 0.3) is 0 Å². The lowest BCUT2D eigenvalue weighted by molar-refractivity contribution is 0.382. The quantitative estimate of drug-likeness (QED) is 0.487. The summed E-state index contributed by atoms with van der Waals surface area (Å²) in [5, 5.41) is 6.79. The Balaban J connectivity index is 1.53. The number of anilines is 4. The summed E-state index contributed by atoms with van der Waals surface area (Å²) in [6.07, 6.45) is 0. The first-order chi connectivity index (χ1) is 17.0. The van der Waals surface area contributed by atoms with E-state index in [1.54, 1.807) is 31.4 Å². The number of hydrogen-bond donors (Lipinski definition) is 2. The summed E-state index contributed by atoms with van der Waals surface area (Å²) in [7, 11) is -2.04. The molecule has 0 amide bonds. The highest BCUT2D eigenvalue weighted by Gasteiger charge is 2.30. The maximum absolute atomic E-state index is 13.1. The van der Waals surface area contributed by atoms with Crippen molar-refractivity contribution in [2.24, 2.45) is 0 Å². The van der Waals surface area contributed by atoms with Gasteiger partial charge in [-0.3, -0.25) is 0 Å². The molecule has 3 aromatic rings. The second kappa shape index (κ2) is 10.3. The summed E-state index contributed by atoms with van der Waals surface area (Å²) in [4.78, 5) is 11.8. The largest absolute Gasteiger partial charge is 0.497 e. The van der Waals surface area contributed by atoms with E-state index in [0.717, 1.165) is 5.69 Å². The molecule has 1 aromatic heterocycles. The van der Waals surface area contributed by atoms with E-state index in [-0.39, 0.29) is 10.4 Å². The Kier molecular flexibility index (Phi) is 7.37. The number of ether oxygens (including phenoxy) is 1. The molecule has 1 aliphatic heterocycles. The van der Waals surface area contributed by atoms with Gasteiger partial charge in [0.1, 0.15) is 17.4 Å². The van der Waals surface area contributed by atoms with Crippen LogP contribution in [0.5, 0.6) is 5.75 Å². The summed E-state index contributed by atoms with van der Waals surface area (Å²) >= 11 is 0. The first-order valence-electron chi connectivity index (χ1n) is 11.9. The van der Waals surface area contributed by atoms with Gasteiger partial charge < -0.3 is 20.3 Å².